The molecule has 0 aromatic heterocycles. The maximum Gasteiger partial charge on any atom is 0.251 e. The van der Waals surface area contributed by atoms with Gasteiger partial charge in [-0.05, 0) is 31.9 Å². The summed E-state index contributed by atoms with van der Waals surface area (Å²) in [7, 11) is 0. The van der Waals surface area contributed by atoms with Crippen molar-refractivity contribution in [1.29, 1.82) is 0 Å². The van der Waals surface area contributed by atoms with Crippen LogP contribution in [0, 0.1) is 6.92 Å². The topological polar surface area (TPSA) is 69.6 Å². The van der Waals surface area contributed by atoms with E-state index in [1.165, 1.54) is 0 Å². The predicted octanol–water partition coefficient (Wildman–Crippen LogP) is 1.98. The molecule has 0 aliphatic carbocycles. The monoisotopic (exact) mass is 251 g/mol. The van der Waals surface area contributed by atoms with Gasteiger partial charge in [0.1, 0.15) is 5.75 Å². The van der Waals surface area contributed by atoms with Crippen LogP contribution >= 0.6 is 0 Å². The van der Waals surface area contributed by atoms with Crippen LogP contribution in [0.15, 0.2) is 18.2 Å². The van der Waals surface area contributed by atoms with Gasteiger partial charge in [-0.3, -0.25) is 4.79 Å². The molecule has 1 aromatic carbocycles. The van der Waals surface area contributed by atoms with Gasteiger partial charge in [-0.25, -0.2) is 0 Å². The molecule has 3 N–H and O–H groups in total. The number of rotatable bonds is 7. The molecule has 0 fully saturated rings. The van der Waals surface area contributed by atoms with E-state index in [-0.39, 0.29) is 18.3 Å². The molecule has 0 radical (unpaired) electrons. The molecule has 100 valence electrons. The minimum Gasteiger partial charge on any atom is -0.508 e. The van der Waals surface area contributed by atoms with Gasteiger partial charge in [0.05, 0.1) is 0 Å². The average Bonchev–Trinajstić information content (AvgIpc) is 2.36. The Bertz CT molecular complexity index is 391. The van der Waals surface area contributed by atoms with E-state index in [1.54, 1.807) is 25.1 Å². The molecule has 4 nitrogen and oxygen atoms in total. The smallest absolute Gasteiger partial charge is 0.251 e. The standard InChI is InChI=1S/C14H21NO3/c1-11-12(7-6-8-13(11)17)14(18)15-9-4-2-3-5-10-16/h6-8,16-17H,2-5,9-10H2,1H3,(H,15,18). The van der Waals surface area contributed by atoms with Gasteiger partial charge in [0, 0.05) is 24.3 Å². The fourth-order valence-corrected chi connectivity index (χ4v) is 1.76. The summed E-state index contributed by atoms with van der Waals surface area (Å²) in [6.07, 6.45) is 3.71. The second kappa shape index (κ2) is 7.71. The van der Waals surface area contributed by atoms with Crippen LogP contribution in [0.3, 0.4) is 0 Å². The van der Waals surface area contributed by atoms with E-state index in [9.17, 15) is 9.90 Å². The molecule has 4 heteroatoms. The molecule has 0 unspecified atom stereocenters. The summed E-state index contributed by atoms with van der Waals surface area (Å²) in [5.74, 6) is -0.00356. The average molecular weight is 251 g/mol. The number of phenols is 1. The number of aliphatic hydroxyl groups excluding tert-OH is 1. The van der Waals surface area contributed by atoms with Crippen molar-refractivity contribution in [1.82, 2.24) is 5.32 Å². The number of carbonyl (C=O) groups is 1. The molecule has 1 aromatic rings. The predicted molar refractivity (Wildman–Crippen MR) is 70.7 cm³/mol. The van der Waals surface area contributed by atoms with E-state index >= 15 is 0 Å². The quantitative estimate of drug-likeness (QED) is 0.649. The lowest BCUT2D eigenvalue weighted by Crippen LogP contribution is -2.25. The van der Waals surface area contributed by atoms with Crippen molar-refractivity contribution >= 4 is 5.91 Å². The molecule has 18 heavy (non-hydrogen) atoms. The number of aromatic hydroxyl groups is 1. The highest BCUT2D eigenvalue weighted by Crippen LogP contribution is 2.19. The first-order valence-corrected chi connectivity index (χ1v) is 6.34. The molecule has 0 saturated heterocycles. The zero-order valence-corrected chi connectivity index (χ0v) is 10.8. The van der Waals surface area contributed by atoms with E-state index in [0.29, 0.717) is 17.7 Å². The maximum absolute atomic E-state index is 11.8. The second-order valence-corrected chi connectivity index (χ2v) is 4.34. The Morgan fingerprint density at radius 3 is 2.67 bits per heavy atom. The molecule has 0 aliphatic heterocycles. The van der Waals surface area contributed by atoms with Crippen LogP contribution < -0.4 is 5.32 Å². The lowest BCUT2D eigenvalue weighted by atomic mass is 10.1. The highest BCUT2D eigenvalue weighted by Gasteiger charge is 2.10. The number of nitrogens with one attached hydrogen (secondary N) is 1. The van der Waals surface area contributed by atoms with Crippen molar-refractivity contribution in [2.24, 2.45) is 0 Å². The highest BCUT2D eigenvalue weighted by molar-refractivity contribution is 5.96. The van der Waals surface area contributed by atoms with Crippen molar-refractivity contribution in [2.45, 2.75) is 32.6 Å². The Balaban J connectivity index is 2.35. The van der Waals surface area contributed by atoms with Crippen molar-refractivity contribution < 1.29 is 15.0 Å². The van der Waals surface area contributed by atoms with Gasteiger partial charge < -0.3 is 15.5 Å². The number of benzene rings is 1. The van der Waals surface area contributed by atoms with Crippen LogP contribution in [0.2, 0.25) is 0 Å². The molecule has 1 rings (SSSR count). The van der Waals surface area contributed by atoms with Gasteiger partial charge >= 0.3 is 0 Å². The van der Waals surface area contributed by atoms with Gasteiger partial charge in [-0.1, -0.05) is 18.9 Å². The molecule has 0 saturated carbocycles. The van der Waals surface area contributed by atoms with E-state index in [0.717, 1.165) is 25.7 Å². The van der Waals surface area contributed by atoms with E-state index in [2.05, 4.69) is 5.32 Å². The number of hydrogen-bond donors (Lipinski definition) is 3. The Kier molecular flexibility index (Phi) is 6.22. The van der Waals surface area contributed by atoms with E-state index in [4.69, 9.17) is 5.11 Å². The zero-order valence-electron chi connectivity index (χ0n) is 10.8. The number of phenolic OH excluding ortho intramolecular Hbond substituents is 1. The Hall–Kier alpha value is -1.55. The van der Waals surface area contributed by atoms with Crippen LogP contribution in [-0.4, -0.2) is 29.3 Å². The first-order valence-electron chi connectivity index (χ1n) is 6.34. The number of unbranched alkanes of at least 4 members (excludes halogenated alkanes) is 3. The number of aliphatic hydroxyl groups is 1. The second-order valence-electron chi connectivity index (χ2n) is 4.34. The summed E-state index contributed by atoms with van der Waals surface area (Å²) < 4.78 is 0. The van der Waals surface area contributed by atoms with Gasteiger partial charge in [0.25, 0.3) is 5.91 Å². The van der Waals surface area contributed by atoms with Gasteiger partial charge in [-0.15, -0.1) is 0 Å². The normalized spacial score (nSPS) is 10.3. The van der Waals surface area contributed by atoms with Crippen LogP contribution in [-0.2, 0) is 0 Å². The zero-order chi connectivity index (χ0) is 13.4. The lowest BCUT2D eigenvalue weighted by molar-refractivity contribution is 0.0951. The molecule has 0 heterocycles. The minimum absolute atomic E-state index is 0.144. The third kappa shape index (κ3) is 4.37. The summed E-state index contributed by atoms with van der Waals surface area (Å²) in [6.45, 7) is 2.58. The molecule has 1 amide bonds. The molecular weight excluding hydrogens is 230 g/mol. The van der Waals surface area contributed by atoms with Gasteiger partial charge in [-0.2, -0.15) is 0 Å². The highest BCUT2D eigenvalue weighted by atomic mass is 16.3. The molecule has 0 spiro atoms. The first-order chi connectivity index (χ1) is 8.66. The Labute approximate surface area is 108 Å². The molecule has 0 aliphatic rings. The summed E-state index contributed by atoms with van der Waals surface area (Å²) >= 11 is 0. The molecule has 0 bridgehead atoms. The third-order valence-electron chi connectivity index (χ3n) is 2.92. The van der Waals surface area contributed by atoms with Crippen molar-refractivity contribution in [3.05, 3.63) is 29.3 Å². The maximum atomic E-state index is 11.8. The Morgan fingerprint density at radius 1 is 1.22 bits per heavy atom. The van der Waals surface area contributed by atoms with Gasteiger partial charge in [0.2, 0.25) is 0 Å². The Morgan fingerprint density at radius 2 is 1.94 bits per heavy atom. The summed E-state index contributed by atoms with van der Waals surface area (Å²) in [6, 6.07) is 4.94. The number of carbonyl (C=O) groups excluding carboxylic acids is 1. The number of hydrogen-bond acceptors (Lipinski definition) is 3. The van der Waals surface area contributed by atoms with Crippen LogP contribution in [0.5, 0.6) is 5.75 Å². The third-order valence-corrected chi connectivity index (χ3v) is 2.92. The molecular formula is C14H21NO3. The van der Waals surface area contributed by atoms with Crippen molar-refractivity contribution in [3.8, 4) is 5.75 Å². The summed E-state index contributed by atoms with van der Waals surface area (Å²) in [5.41, 5.74) is 1.13. The fraction of sp³-hybridized carbons (Fsp3) is 0.500. The van der Waals surface area contributed by atoms with Crippen LogP contribution in [0.25, 0.3) is 0 Å². The van der Waals surface area contributed by atoms with Crippen LogP contribution in [0.1, 0.15) is 41.6 Å². The SMILES string of the molecule is Cc1c(O)cccc1C(=O)NCCCCCCO. The minimum atomic E-state index is -0.148. The summed E-state index contributed by atoms with van der Waals surface area (Å²) in [5, 5.41) is 21.0. The van der Waals surface area contributed by atoms with E-state index < -0.39 is 0 Å². The van der Waals surface area contributed by atoms with Crippen LogP contribution in [0.4, 0.5) is 0 Å². The van der Waals surface area contributed by atoms with Crippen molar-refractivity contribution in [3.63, 3.8) is 0 Å². The number of amides is 1. The van der Waals surface area contributed by atoms with Gasteiger partial charge in [0.15, 0.2) is 0 Å². The van der Waals surface area contributed by atoms with E-state index in [1.807, 2.05) is 0 Å². The lowest BCUT2D eigenvalue weighted by Gasteiger charge is -2.08. The fourth-order valence-electron chi connectivity index (χ4n) is 1.76. The summed E-state index contributed by atoms with van der Waals surface area (Å²) in [4.78, 5) is 11.8. The van der Waals surface area contributed by atoms with Crippen molar-refractivity contribution in [2.75, 3.05) is 13.2 Å². The first kappa shape index (κ1) is 14.5. The molecule has 0 atom stereocenters. The largest absolute Gasteiger partial charge is 0.508 e.